The molecule has 0 radical (unpaired) electrons. The van der Waals surface area contributed by atoms with Crippen molar-refractivity contribution in [3.8, 4) is 0 Å². The zero-order valence-electron chi connectivity index (χ0n) is 8.91. The Bertz CT molecular complexity index is 325. The minimum absolute atomic E-state index is 0.315. The van der Waals surface area contributed by atoms with Gasteiger partial charge in [0.25, 0.3) is 0 Å². The average Bonchev–Trinajstić information content (AvgIpc) is 2.20. The lowest BCUT2D eigenvalue weighted by Gasteiger charge is -2.32. The summed E-state index contributed by atoms with van der Waals surface area (Å²) in [7, 11) is 0. The van der Waals surface area contributed by atoms with Crippen molar-refractivity contribution in [1.82, 2.24) is 4.98 Å². The molecule has 0 spiro atoms. The predicted molar refractivity (Wildman–Crippen MR) is 59.2 cm³/mol. The van der Waals surface area contributed by atoms with Gasteiger partial charge in [-0.05, 0) is 18.8 Å². The lowest BCUT2D eigenvalue weighted by atomic mass is 9.99. The van der Waals surface area contributed by atoms with Crippen molar-refractivity contribution in [1.29, 1.82) is 0 Å². The molecule has 1 saturated heterocycles. The van der Waals surface area contributed by atoms with Crippen molar-refractivity contribution >= 4 is 11.4 Å². The number of rotatable bonds is 1. The van der Waals surface area contributed by atoms with Crippen LogP contribution in [0.25, 0.3) is 0 Å². The van der Waals surface area contributed by atoms with Gasteiger partial charge in [-0.25, -0.2) is 4.39 Å². The Kier molecular flexibility index (Phi) is 2.75. The Balaban J connectivity index is 2.22. The summed E-state index contributed by atoms with van der Waals surface area (Å²) in [6.07, 6.45) is 4.93. The summed E-state index contributed by atoms with van der Waals surface area (Å²) in [6.45, 7) is 3.99. The highest BCUT2D eigenvalue weighted by atomic mass is 19.1. The van der Waals surface area contributed by atoms with Crippen LogP contribution in [0.4, 0.5) is 15.8 Å². The Morgan fingerprint density at radius 1 is 1.40 bits per heavy atom. The van der Waals surface area contributed by atoms with Gasteiger partial charge in [-0.1, -0.05) is 6.92 Å². The van der Waals surface area contributed by atoms with Crippen LogP contribution in [-0.4, -0.2) is 18.1 Å². The molecule has 0 saturated carbocycles. The van der Waals surface area contributed by atoms with Crippen molar-refractivity contribution in [3.63, 3.8) is 0 Å². The first kappa shape index (κ1) is 10.2. The number of anilines is 2. The quantitative estimate of drug-likeness (QED) is 0.769. The normalized spacial score (nSPS) is 18.1. The molecule has 82 valence electrons. The Morgan fingerprint density at radius 3 is 2.67 bits per heavy atom. The van der Waals surface area contributed by atoms with E-state index >= 15 is 0 Å². The first-order chi connectivity index (χ1) is 7.18. The standard InChI is InChI=1S/C11H16FN3/c1-8-2-4-15(5-3-8)11-9(12)6-14-7-10(11)13/h6-8H,2-5,13H2,1H3. The number of pyridine rings is 1. The fourth-order valence-corrected chi connectivity index (χ4v) is 2.01. The molecule has 1 fully saturated rings. The monoisotopic (exact) mass is 209 g/mol. The summed E-state index contributed by atoms with van der Waals surface area (Å²) in [5.74, 6) is 0.414. The Hall–Kier alpha value is -1.32. The fourth-order valence-electron chi connectivity index (χ4n) is 2.01. The van der Waals surface area contributed by atoms with Gasteiger partial charge < -0.3 is 10.6 Å². The van der Waals surface area contributed by atoms with Crippen LogP contribution in [0.15, 0.2) is 12.4 Å². The van der Waals surface area contributed by atoms with Crippen LogP contribution < -0.4 is 10.6 Å². The minimum Gasteiger partial charge on any atom is -0.396 e. The van der Waals surface area contributed by atoms with Crippen molar-refractivity contribution in [2.45, 2.75) is 19.8 Å². The number of aromatic nitrogens is 1. The second-order valence-corrected chi connectivity index (χ2v) is 4.23. The van der Waals surface area contributed by atoms with Crippen LogP contribution >= 0.6 is 0 Å². The molecule has 0 bridgehead atoms. The van der Waals surface area contributed by atoms with Crippen LogP contribution in [0, 0.1) is 11.7 Å². The molecule has 0 atom stereocenters. The molecule has 0 aromatic carbocycles. The van der Waals surface area contributed by atoms with Gasteiger partial charge in [0, 0.05) is 13.1 Å². The van der Waals surface area contributed by atoms with E-state index in [4.69, 9.17) is 5.73 Å². The summed E-state index contributed by atoms with van der Waals surface area (Å²) >= 11 is 0. The van der Waals surface area contributed by atoms with Gasteiger partial charge in [0.1, 0.15) is 0 Å². The highest BCUT2D eigenvalue weighted by molar-refractivity contribution is 5.66. The fraction of sp³-hybridized carbons (Fsp3) is 0.545. The lowest BCUT2D eigenvalue weighted by molar-refractivity contribution is 0.434. The number of halogens is 1. The third kappa shape index (κ3) is 2.03. The summed E-state index contributed by atoms with van der Waals surface area (Å²) < 4.78 is 13.5. The van der Waals surface area contributed by atoms with Gasteiger partial charge in [0.2, 0.25) is 0 Å². The maximum Gasteiger partial charge on any atom is 0.166 e. The second-order valence-electron chi connectivity index (χ2n) is 4.23. The average molecular weight is 209 g/mol. The number of nitrogens with zero attached hydrogens (tertiary/aromatic N) is 2. The van der Waals surface area contributed by atoms with E-state index in [-0.39, 0.29) is 5.82 Å². The zero-order valence-corrected chi connectivity index (χ0v) is 8.91. The Labute approximate surface area is 89.1 Å². The largest absolute Gasteiger partial charge is 0.396 e. The zero-order chi connectivity index (χ0) is 10.8. The smallest absolute Gasteiger partial charge is 0.166 e. The second kappa shape index (κ2) is 4.04. The maximum absolute atomic E-state index is 13.5. The number of hydrogen-bond acceptors (Lipinski definition) is 3. The van der Waals surface area contributed by atoms with Gasteiger partial charge in [0.15, 0.2) is 5.82 Å². The number of hydrogen-bond donors (Lipinski definition) is 1. The van der Waals surface area contributed by atoms with Crippen LogP contribution in [-0.2, 0) is 0 Å². The molecule has 3 nitrogen and oxygen atoms in total. The molecule has 1 aliphatic heterocycles. The number of piperidine rings is 1. The van der Waals surface area contributed by atoms with Crippen molar-refractivity contribution < 1.29 is 4.39 Å². The van der Waals surface area contributed by atoms with E-state index in [1.54, 1.807) is 0 Å². The van der Waals surface area contributed by atoms with E-state index < -0.39 is 0 Å². The molecule has 1 aliphatic rings. The first-order valence-electron chi connectivity index (χ1n) is 5.32. The molecular formula is C11H16FN3. The van der Waals surface area contributed by atoms with Crippen LogP contribution in [0.2, 0.25) is 0 Å². The van der Waals surface area contributed by atoms with Crippen LogP contribution in [0.3, 0.4) is 0 Å². The molecule has 4 heteroatoms. The third-order valence-electron chi connectivity index (χ3n) is 3.00. The lowest BCUT2D eigenvalue weighted by Crippen LogP contribution is -2.34. The molecule has 2 N–H and O–H groups in total. The van der Waals surface area contributed by atoms with Gasteiger partial charge in [-0.3, -0.25) is 4.98 Å². The van der Waals surface area contributed by atoms with Crippen LogP contribution in [0.1, 0.15) is 19.8 Å². The maximum atomic E-state index is 13.5. The topological polar surface area (TPSA) is 42.1 Å². The predicted octanol–water partition coefficient (Wildman–Crippen LogP) is 2.04. The summed E-state index contributed by atoms with van der Waals surface area (Å²) in [5, 5.41) is 0. The molecule has 1 aromatic rings. The van der Waals surface area contributed by atoms with E-state index in [1.165, 1.54) is 12.4 Å². The van der Waals surface area contributed by atoms with Gasteiger partial charge >= 0.3 is 0 Å². The third-order valence-corrected chi connectivity index (χ3v) is 3.00. The van der Waals surface area contributed by atoms with E-state index in [0.717, 1.165) is 31.8 Å². The van der Waals surface area contributed by atoms with E-state index in [0.29, 0.717) is 11.4 Å². The molecule has 1 aromatic heterocycles. The summed E-state index contributed by atoms with van der Waals surface area (Å²) in [5.41, 5.74) is 6.70. The van der Waals surface area contributed by atoms with Gasteiger partial charge in [0.05, 0.1) is 23.8 Å². The molecule has 2 heterocycles. The molecular weight excluding hydrogens is 193 g/mol. The SMILES string of the molecule is CC1CCN(c2c(N)cncc2F)CC1. The van der Waals surface area contributed by atoms with Crippen molar-refractivity contribution in [2.24, 2.45) is 5.92 Å². The van der Waals surface area contributed by atoms with Crippen molar-refractivity contribution in [2.75, 3.05) is 23.7 Å². The molecule has 0 unspecified atom stereocenters. The van der Waals surface area contributed by atoms with Crippen molar-refractivity contribution in [3.05, 3.63) is 18.2 Å². The molecule has 2 rings (SSSR count). The van der Waals surface area contributed by atoms with E-state index in [2.05, 4.69) is 11.9 Å². The van der Waals surface area contributed by atoms with E-state index in [1.807, 2.05) is 4.90 Å². The first-order valence-corrected chi connectivity index (χ1v) is 5.32. The molecule has 0 aliphatic carbocycles. The molecule has 15 heavy (non-hydrogen) atoms. The highest BCUT2D eigenvalue weighted by Crippen LogP contribution is 2.29. The van der Waals surface area contributed by atoms with Gasteiger partial charge in [-0.2, -0.15) is 0 Å². The van der Waals surface area contributed by atoms with E-state index in [9.17, 15) is 4.39 Å². The highest BCUT2D eigenvalue weighted by Gasteiger charge is 2.20. The van der Waals surface area contributed by atoms with Crippen LogP contribution in [0.5, 0.6) is 0 Å². The van der Waals surface area contributed by atoms with Gasteiger partial charge in [-0.15, -0.1) is 0 Å². The number of nitrogens with two attached hydrogens (primary N) is 1. The number of nitrogen functional groups attached to an aromatic ring is 1. The summed E-state index contributed by atoms with van der Waals surface area (Å²) in [6, 6.07) is 0. The summed E-state index contributed by atoms with van der Waals surface area (Å²) in [4.78, 5) is 5.75. The molecule has 0 amide bonds. The Morgan fingerprint density at radius 2 is 2.07 bits per heavy atom. The minimum atomic E-state index is -0.315.